The lowest BCUT2D eigenvalue weighted by atomic mass is 10.2. The number of aliphatic carboxylic acids is 1. The van der Waals surface area contributed by atoms with Gasteiger partial charge >= 0.3 is 12.0 Å². The summed E-state index contributed by atoms with van der Waals surface area (Å²) >= 11 is 0. The van der Waals surface area contributed by atoms with Gasteiger partial charge in [-0.25, -0.2) is 18.3 Å². The molecule has 0 bridgehead atoms. The van der Waals surface area contributed by atoms with E-state index in [-0.39, 0.29) is 17.4 Å². The van der Waals surface area contributed by atoms with E-state index < -0.39 is 24.2 Å². The predicted molar refractivity (Wildman–Crippen MR) is 59.5 cm³/mol. The minimum atomic E-state index is -1.19. The average molecular weight is 269 g/mol. The summed E-state index contributed by atoms with van der Waals surface area (Å²) in [5.41, 5.74) is -0.0832. The molecule has 0 unspecified atom stereocenters. The lowest BCUT2D eigenvalue weighted by Crippen LogP contribution is -2.10. The third-order valence-corrected chi connectivity index (χ3v) is 2.24. The van der Waals surface area contributed by atoms with Crippen LogP contribution in [0.15, 0.2) is 18.2 Å². The molecular weight excluding hydrogens is 260 g/mol. The summed E-state index contributed by atoms with van der Waals surface area (Å²) in [5.74, 6) is -2.43. The second-order valence-electron chi connectivity index (χ2n) is 3.65. The van der Waals surface area contributed by atoms with Crippen molar-refractivity contribution in [1.29, 1.82) is 0 Å². The molecule has 0 saturated heterocycles. The zero-order valence-corrected chi connectivity index (χ0v) is 9.80. The Morgan fingerprint density at radius 2 is 2.21 bits per heavy atom. The number of carboxylic acid groups (broad SMARTS) is 1. The first-order valence-electron chi connectivity index (χ1n) is 5.18. The van der Waals surface area contributed by atoms with Gasteiger partial charge in [0.1, 0.15) is 11.6 Å². The molecule has 100 valence electrons. The van der Waals surface area contributed by atoms with Gasteiger partial charge < -0.3 is 9.84 Å². The van der Waals surface area contributed by atoms with Crippen molar-refractivity contribution in [3.63, 3.8) is 0 Å². The summed E-state index contributed by atoms with van der Waals surface area (Å²) in [6.45, 7) is -0.616. The highest BCUT2D eigenvalue weighted by molar-refractivity contribution is 5.68. The van der Waals surface area contributed by atoms with E-state index in [0.29, 0.717) is 0 Å². The number of aryl methyl sites for hydroxylation is 1. The maximum absolute atomic E-state index is 13.6. The summed E-state index contributed by atoms with van der Waals surface area (Å²) < 4.78 is 32.6. The first-order valence-corrected chi connectivity index (χ1v) is 5.18. The van der Waals surface area contributed by atoms with E-state index in [0.717, 1.165) is 18.2 Å². The maximum atomic E-state index is 13.6. The molecule has 2 rings (SSSR count). The van der Waals surface area contributed by atoms with E-state index >= 15 is 0 Å². The van der Waals surface area contributed by atoms with E-state index in [2.05, 4.69) is 10.1 Å². The van der Waals surface area contributed by atoms with Crippen LogP contribution in [0.5, 0.6) is 6.01 Å². The molecule has 2 aromatic rings. The topological polar surface area (TPSA) is 77.2 Å². The quantitative estimate of drug-likeness (QED) is 0.903. The molecule has 0 atom stereocenters. The van der Waals surface area contributed by atoms with Gasteiger partial charge in [-0.3, -0.25) is 0 Å². The third-order valence-electron chi connectivity index (χ3n) is 2.24. The van der Waals surface area contributed by atoms with Crippen molar-refractivity contribution < 1.29 is 23.4 Å². The molecule has 1 aromatic carbocycles. The Bertz CT molecular complexity index is 628. The van der Waals surface area contributed by atoms with Crippen LogP contribution >= 0.6 is 0 Å². The van der Waals surface area contributed by atoms with Crippen molar-refractivity contribution in [3.05, 3.63) is 29.8 Å². The predicted octanol–water partition coefficient (Wildman–Crippen LogP) is 1.22. The smallest absolute Gasteiger partial charge is 0.341 e. The van der Waals surface area contributed by atoms with E-state index in [9.17, 15) is 13.6 Å². The van der Waals surface area contributed by atoms with E-state index in [1.165, 1.54) is 11.7 Å². The Morgan fingerprint density at radius 3 is 2.89 bits per heavy atom. The first kappa shape index (κ1) is 12.9. The zero-order valence-electron chi connectivity index (χ0n) is 9.80. The Hall–Kier alpha value is -2.51. The van der Waals surface area contributed by atoms with E-state index in [4.69, 9.17) is 9.84 Å². The van der Waals surface area contributed by atoms with Crippen molar-refractivity contribution in [2.45, 2.75) is 0 Å². The minimum absolute atomic E-state index is 0.0392. The van der Waals surface area contributed by atoms with Gasteiger partial charge in [0, 0.05) is 7.05 Å². The van der Waals surface area contributed by atoms with Crippen LogP contribution in [0.25, 0.3) is 11.4 Å². The van der Waals surface area contributed by atoms with E-state index in [1.807, 2.05) is 0 Å². The molecule has 0 amide bonds. The van der Waals surface area contributed by atoms with Gasteiger partial charge in [0.05, 0.1) is 5.56 Å². The van der Waals surface area contributed by atoms with Crippen LogP contribution in [0.1, 0.15) is 0 Å². The van der Waals surface area contributed by atoms with Crippen LogP contribution in [0.3, 0.4) is 0 Å². The number of ether oxygens (including phenoxy) is 1. The number of nitrogens with zero attached hydrogens (tertiary/aromatic N) is 3. The summed E-state index contributed by atoms with van der Waals surface area (Å²) in [5, 5.41) is 12.2. The highest BCUT2D eigenvalue weighted by Crippen LogP contribution is 2.23. The molecule has 0 saturated carbocycles. The molecule has 8 heteroatoms. The van der Waals surface area contributed by atoms with Crippen LogP contribution in [-0.4, -0.2) is 32.4 Å². The Morgan fingerprint density at radius 1 is 1.47 bits per heavy atom. The van der Waals surface area contributed by atoms with Crippen LogP contribution in [-0.2, 0) is 11.8 Å². The fourth-order valence-corrected chi connectivity index (χ4v) is 1.45. The van der Waals surface area contributed by atoms with E-state index in [1.54, 1.807) is 0 Å². The van der Waals surface area contributed by atoms with Crippen molar-refractivity contribution >= 4 is 5.97 Å². The molecule has 6 nitrogen and oxygen atoms in total. The molecule has 1 heterocycles. The van der Waals surface area contributed by atoms with Crippen LogP contribution in [0.2, 0.25) is 0 Å². The van der Waals surface area contributed by atoms with Crippen molar-refractivity contribution in [2.24, 2.45) is 7.05 Å². The normalized spacial score (nSPS) is 10.5. The summed E-state index contributed by atoms with van der Waals surface area (Å²) in [6.07, 6.45) is 0. The molecule has 0 aliphatic rings. The number of carbonyl (C=O) groups is 1. The molecule has 0 spiro atoms. The number of aromatic nitrogens is 3. The maximum Gasteiger partial charge on any atom is 0.341 e. The SMILES string of the molecule is Cn1nc(OCC(=O)O)nc1-c1cc(F)ccc1F. The van der Waals surface area contributed by atoms with Gasteiger partial charge in [-0.05, 0) is 18.2 Å². The van der Waals surface area contributed by atoms with Crippen molar-refractivity contribution in [1.82, 2.24) is 14.8 Å². The summed E-state index contributed by atoms with van der Waals surface area (Å²) in [4.78, 5) is 14.1. The monoisotopic (exact) mass is 269 g/mol. The largest absolute Gasteiger partial charge is 0.479 e. The van der Waals surface area contributed by atoms with Gasteiger partial charge in [0.2, 0.25) is 0 Å². The number of hydrogen-bond acceptors (Lipinski definition) is 4. The average Bonchev–Trinajstić information content (AvgIpc) is 2.71. The fraction of sp³-hybridized carbons (Fsp3) is 0.182. The lowest BCUT2D eigenvalue weighted by molar-refractivity contribution is -0.139. The minimum Gasteiger partial charge on any atom is -0.479 e. The van der Waals surface area contributed by atoms with Crippen LogP contribution in [0.4, 0.5) is 8.78 Å². The lowest BCUT2D eigenvalue weighted by Gasteiger charge is -2.01. The molecule has 1 N–H and O–H groups in total. The fourth-order valence-electron chi connectivity index (χ4n) is 1.45. The van der Waals surface area contributed by atoms with Gasteiger partial charge in [0.15, 0.2) is 12.4 Å². The first-order chi connectivity index (χ1) is 8.97. The molecule has 1 aromatic heterocycles. The number of hydrogen-bond donors (Lipinski definition) is 1. The summed E-state index contributed by atoms with van der Waals surface area (Å²) in [7, 11) is 1.46. The number of benzene rings is 1. The summed E-state index contributed by atoms with van der Waals surface area (Å²) in [6, 6.07) is 2.71. The van der Waals surface area contributed by atoms with Crippen molar-refractivity contribution in [3.8, 4) is 17.4 Å². The Balaban J connectivity index is 2.34. The second kappa shape index (κ2) is 5.01. The van der Waals surface area contributed by atoms with Crippen LogP contribution in [0, 0.1) is 11.6 Å². The standard InChI is InChI=1S/C11H9F2N3O3/c1-16-10(7-4-6(12)2-3-8(7)13)14-11(15-16)19-5-9(17)18/h2-4H,5H2,1H3,(H,17,18). The number of carboxylic acids is 1. The molecule has 0 radical (unpaired) electrons. The Labute approximate surface area is 106 Å². The molecule has 0 fully saturated rings. The molecule has 0 aliphatic heterocycles. The van der Waals surface area contributed by atoms with Gasteiger partial charge in [-0.15, -0.1) is 5.10 Å². The van der Waals surface area contributed by atoms with Crippen LogP contribution < -0.4 is 4.74 Å². The second-order valence-corrected chi connectivity index (χ2v) is 3.65. The zero-order chi connectivity index (χ0) is 14.0. The van der Waals surface area contributed by atoms with Gasteiger partial charge in [-0.2, -0.15) is 4.98 Å². The Kier molecular flexibility index (Phi) is 3.41. The molecule has 0 aliphatic carbocycles. The van der Waals surface area contributed by atoms with Gasteiger partial charge in [-0.1, -0.05) is 0 Å². The molecule has 19 heavy (non-hydrogen) atoms. The van der Waals surface area contributed by atoms with Crippen molar-refractivity contribution in [2.75, 3.05) is 6.61 Å². The number of halogens is 2. The van der Waals surface area contributed by atoms with Gasteiger partial charge in [0.25, 0.3) is 0 Å². The highest BCUT2D eigenvalue weighted by atomic mass is 19.1. The third kappa shape index (κ3) is 2.84. The number of rotatable bonds is 4. The highest BCUT2D eigenvalue weighted by Gasteiger charge is 2.15. The molecular formula is C11H9F2N3O3.